The smallest absolute Gasteiger partial charge is 0.306 e. The topological polar surface area (TPSA) is 76.1 Å². The molecule has 1 aromatic rings. The van der Waals surface area contributed by atoms with Crippen LogP contribution in [0.15, 0.2) is 23.1 Å². The molecule has 1 fully saturated rings. The van der Waals surface area contributed by atoms with Gasteiger partial charge in [-0.1, -0.05) is 6.07 Å². The SMILES string of the molecule is COC(=O)CC1(CSc2cccc(C#N)c2N)CC1. The van der Waals surface area contributed by atoms with Gasteiger partial charge in [0.15, 0.2) is 0 Å². The zero-order chi connectivity index (χ0) is 13.9. The summed E-state index contributed by atoms with van der Waals surface area (Å²) in [6.07, 6.45) is 2.56. The fraction of sp³-hybridized carbons (Fsp3) is 0.429. The van der Waals surface area contributed by atoms with E-state index in [1.54, 1.807) is 17.8 Å². The van der Waals surface area contributed by atoms with E-state index < -0.39 is 0 Å². The van der Waals surface area contributed by atoms with E-state index in [1.165, 1.54) is 7.11 Å². The lowest BCUT2D eigenvalue weighted by molar-refractivity contribution is -0.141. The minimum atomic E-state index is -0.156. The van der Waals surface area contributed by atoms with Gasteiger partial charge in [0.25, 0.3) is 0 Å². The summed E-state index contributed by atoms with van der Waals surface area (Å²) in [6, 6.07) is 7.53. The van der Waals surface area contributed by atoms with Gasteiger partial charge in [0, 0.05) is 10.6 Å². The standard InChI is InChI=1S/C14H16N2O2S/c1-18-12(17)7-14(5-6-14)9-19-11-4-2-3-10(8-15)13(11)16/h2-4H,5-7,9,16H2,1H3. The van der Waals surface area contributed by atoms with E-state index in [0.29, 0.717) is 17.7 Å². The Morgan fingerprint density at radius 1 is 1.58 bits per heavy atom. The Morgan fingerprint density at radius 2 is 2.32 bits per heavy atom. The monoisotopic (exact) mass is 276 g/mol. The van der Waals surface area contributed by atoms with Gasteiger partial charge in [-0.2, -0.15) is 5.26 Å². The van der Waals surface area contributed by atoms with E-state index in [2.05, 4.69) is 6.07 Å². The van der Waals surface area contributed by atoms with Crippen LogP contribution in [0.1, 0.15) is 24.8 Å². The van der Waals surface area contributed by atoms with Gasteiger partial charge in [-0.15, -0.1) is 11.8 Å². The Morgan fingerprint density at radius 3 is 2.89 bits per heavy atom. The second-order valence-corrected chi connectivity index (χ2v) is 5.89. The first-order valence-electron chi connectivity index (χ1n) is 6.08. The third-order valence-corrected chi connectivity index (χ3v) is 4.85. The van der Waals surface area contributed by atoms with Crippen LogP contribution in [0.3, 0.4) is 0 Å². The van der Waals surface area contributed by atoms with Crippen LogP contribution >= 0.6 is 11.8 Å². The number of anilines is 1. The Kier molecular flexibility index (Phi) is 4.01. The number of thioether (sulfide) groups is 1. The maximum absolute atomic E-state index is 11.3. The second-order valence-electron chi connectivity index (χ2n) is 4.87. The molecule has 1 saturated carbocycles. The lowest BCUT2D eigenvalue weighted by atomic mass is 10.1. The van der Waals surface area contributed by atoms with Gasteiger partial charge >= 0.3 is 5.97 Å². The van der Waals surface area contributed by atoms with Crippen LogP contribution in [-0.4, -0.2) is 18.8 Å². The molecule has 0 spiro atoms. The van der Waals surface area contributed by atoms with E-state index in [9.17, 15) is 4.79 Å². The molecule has 0 saturated heterocycles. The summed E-state index contributed by atoms with van der Waals surface area (Å²) in [5.74, 6) is 0.679. The molecule has 1 aliphatic rings. The first-order chi connectivity index (χ1) is 9.10. The number of nitrogens with two attached hydrogens (primary N) is 1. The Bertz CT molecular complexity index is 533. The van der Waals surface area contributed by atoms with Gasteiger partial charge in [0.1, 0.15) is 6.07 Å². The first-order valence-corrected chi connectivity index (χ1v) is 7.07. The highest BCUT2D eigenvalue weighted by Crippen LogP contribution is 2.52. The molecule has 100 valence electrons. The van der Waals surface area contributed by atoms with Crippen molar-refractivity contribution in [3.63, 3.8) is 0 Å². The van der Waals surface area contributed by atoms with Crippen molar-refractivity contribution in [2.45, 2.75) is 24.2 Å². The number of hydrogen-bond donors (Lipinski definition) is 1. The van der Waals surface area contributed by atoms with Gasteiger partial charge in [0.05, 0.1) is 24.8 Å². The molecular weight excluding hydrogens is 260 g/mol. The number of ether oxygens (including phenoxy) is 1. The highest BCUT2D eigenvalue weighted by atomic mass is 32.2. The maximum atomic E-state index is 11.3. The quantitative estimate of drug-likeness (QED) is 0.508. The number of methoxy groups -OCH3 is 1. The molecule has 0 bridgehead atoms. The van der Waals surface area contributed by atoms with E-state index in [4.69, 9.17) is 15.7 Å². The number of rotatable bonds is 5. The zero-order valence-corrected chi connectivity index (χ0v) is 11.6. The van der Waals surface area contributed by atoms with Gasteiger partial charge in [0.2, 0.25) is 0 Å². The average molecular weight is 276 g/mol. The third kappa shape index (κ3) is 3.21. The molecule has 0 aliphatic heterocycles. The summed E-state index contributed by atoms with van der Waals surface area (Å²) in [6.45, 7) is 0. The Balaban J connectivity index is 2.00. The minimum Gasteiger partial charge on any atom is -0.469 e. The summed E-state index contributed by atoms with van der Waals surface area (Å²) in [5, 5.41) is 8.93. The molecule has 1 aliphatic carbocycles. The van der Waals surface area contributed by atoms with Crippen molar-refractivity contribution in [1.29, 1.82) is 5.26 Å². The number of carbonyl (C=O) groups excluding carboxylic acids is 1. The van der Waals surface area contributed by atoms with E-state index in [1.807, 2.05) is 12.1 Å². The van der Waals surface area contributed by atoms with Crippen molar-refractivity contribution in [3.8, 4) is 6.07 Å². The van der Waals surface area contributed by atoms with Crippen molar-refractivity contribution < 1.29 is 9.53 Å². The molecule has 0 radical (unpaired) electrons. The van der Waals surface area contributed by atoms with Crippen LogP contribution in [-0.2, 0) is 9.53 Å². The zero-order valence-electron chi connectivity index (χ0n) is 10.8. The number of para-hydroxylation sites is 1. The fourth-order valence-electron chi connectivity index (χ4n) is 1.93. The lowest BCUT2D eigenvalue weighted by Gasteiger charge is -2.14. The van der Waals surface area contributed by atoms with Crippen molar-refractivity contribution in [2.24, 2.45) is 5.41 Å². The Hall–Kier alpha value is -1.67. The van der Waals surface area contributed by atoms with Crippen LogP contribution in [0.2, 0.25) is 0 Å². The lowest BCUT2D eigenvalue weighted by Crippen LogP contribution is -2.13. The summed E-state index contributed by atoms with van der Waals surface area (Å²) in [7, 11) is 1.42. The maximum Gasteiger partial charge on any atom is 0.306 e. The molecular formula is C14H16N2O2S. The predicted molar refractivity (Wildman–Crippen MR) is 74.6 cm³/mol. The van der Waals surface area contributed by atoms with Gasteiger partial charge < -0.3 is 10.5 Å². The highest BCUT2D eigenvalue weighted by Gasteiger charge is 2.44. The second kappa shape index (κ2) is 5.54. The van der Waals surface area contributed by atoms with Crippen LogP contribution in [0.4, 0.5) is 5.69 Å². The minimum absolute atomic E-state index is 0.0623. The largest absolute Gasteiger partial charge is 0.469 e. The van der Waals surface area contributed by atoms with Crippen molar-refractivity contribution >= 4 is 23.4 Å². The molecule has 19 heavy (non-hydrogen) atoms. The normalized spacial score (nSPS) is 15.6. The highest BCUT2D eigenvalue weighted by molar-refractivity contribution is 7.99. The number of hydrogen-bond acceptors (Lipinski definition) is 5. The van der Waals surface area contributed by atoms with Crippen molar-refractivity contribution in [1.82, 2.24) is 0 Å². The van der Waals surface area contributed by atoms with Crippen LogP contribution in [0.5, 0.6) is 0 Å². The van der Waals surface area contributed by atoms with Crippen molar-refractivity contribution in [3.05, 3.63) is 23.8 Å². The number of carbonyl (C=O) groups is 1. The average Bonchev–Trinajstić information content (AvgIpc) is 3.17. The molecule has 2 rings (SSSR count). The molecule has 0 unspecified atom stereocenters. The predicted octanol–water partition coefficient (Wildman–Crippen LogP) is 2.58. The van der Waals surface area contributed by atoms with Gasteiger partial charge in [-0.25, -0.2) is 0 Å². The van der Waals surface area contributed by atoms with Crippen LogP contribution < -0.4 is 5.73 Å². The van der Waals surface area contributed by atoms with E-state index >= 15 is 0 Å². The number of nitriles is 1. The number of benzene rings is 1. The summed E-state index contributed by atoms with van der Waals surface area (Å²) in [5.41, 5.74) is 7.03. The number of nitrogen functional groups attached to an aromatic ring is 1. The van der Waals surface area contributed by atoms with E-state index in [-0.39, 0.29) is 11.4 Å². The summed E-state index contributed by atoms with van der Waals surface area (Å²) < 4.78 is 4.72. The molecule has 1 aromatic carbocycles. The number of esters is 1. The summed E-state index contributed by atoms with van der Waals surface area (Å²) >= 11 is 1.61. The van der Waals surface area contributed by atoms with Gasteiger partial charge in [-0.3, -0.25) is 4.79 Å². The van der Waals surface area contributed by atoms with Gasteiger partial charge in [-0.05, 0) is 30.4 Å². The fourth-order valence-corrected chi connectivity index (χ4v) is 3.22. The molecule has 4 nitrogen and oxygen atoms in total. The van der Waals surface area contributed by atoms with Crippen LogP contribution in [0.25, 0.3) is 0 Å². The first kappa shape index (κ1) is 13.8. The summed E-state index contributed by atoms with van der Waals surface area (Å²) in [4.78, 5) is 12.3. The third-order valence-electron chi connectivity index (χ3n) is 3.42. The molecule has 0 aromatic heterocycles. The molecule has 2 N–H and O–H groups in total. The molecule has 0 heterocycles. The Labute approximate surface area is 116 Å². The van der Waals surface area contributed by atoms with E-state index in [0.717, 1.165) is 23.5 Å². The van der Waals surface area contributed by atoms with Crippen LogP contribution in [0, 0.1) is 16.7 Å². The number of nitrogens with zero attached hydrogens (tertiary/aromatic N) is 1. The molecule has 0 atom stereocenters. The molecule has 5 heteroatoms. The van der Waals surface area contributed by atoms with Crippen molar-refractivity contribution in [2.75, 3.05) is 18.6 Å². The molecule has 0 amide bonds.